The van der Waals surface area contributed by atoms with Crippen molar-refractivity contribution in [3.63, 3.8) is 0 Å². The zero-order chi connectivity index (χ0) is 9.26. The molecule has 0 aromatic carbocycles. The Morgan fingerprint density at radius 2 is 2.15 bits per heavy atom. The summed E-state index contributed by atoms with van der Waals surface area (Å²) in [6, 6.07) is 3.99. The predicted octanol–water partition coefficient (Wildman–Crippen LogP) is 2.51. The van der Waals surface area contributed by atoms with E-state index in [1.54, 1.807) is 11.3 Å². The van der Waals surface area contributed by atoms with Gasteiger partial charge in [0.1, 0.15) is 5.01 Å². The van der Waals surface area contributed by atoms with Crippen LogP contribution in [0.4, 0.5) is 0 Å². The number of hydrogen-bond acceptors (Lipinski definition) is 4. The zero-order valence-electron chi connectivity index (χ0n) is 6.86. The van der Waals surface area contributed by atoms with Crippen molar-refractivity contribution in [2.75, 3.05) is 0 Å². The van der Waals surface area contributed by atoms with E-state index in [9.17, 15) is 0 Å². The Labute approximate surface area is 93.4 Å². The SMILES string of the molecule is Cc1ccc(-c2nnc(I)s2)cn1. The first kappa shape index (κ1) is 9.01. The number of pyridine rings is 1. The second-order valence-corrected chi connectivity index (χ2v) is 5.28. The summed E-state index contributed by atoms with van der Waals surface area (Å²) in [4.78, 5) is 4.20. The largest absolute Gasteiger partial charge is 0.261 e. The van der Waals surface area contributed by atoms with Gasteiger partial charge in [0.25, 0.3) is 0 Å². The van der Waals surface area contributed by atoms with E-state index in [4.69, 9.17) is 0 Å². The van der Waals surface area contributed by atoms with Gasteiger partial charge in [0, 0.05) is 17.5 Å². The van der Waals surface area contributed by atoms with Gasteiger partial charge in [-0.2, -0.15) is 0 Å². The minimum Gasteiger partial charge on any atom is -0.261 e. The third-order valence-corrected chi connectivity index (χ3v) is 3.20. The van der Waals surface area contributed by atoms with Gasteiger partial charge in [0.05, 0.1) is 0 Å². The number of rotatable bonds is 1. The first-order valence-electron chi connectivity index (χ1n) is 3.68. The Morgan fingerprint density at radius 3 is 2.69 bits per heavy atom. The fourth-order valence-corrected chi connectivity index (χ4v) is 2.21. The third kappa shape index (κ3) is 2.02. The van der Waals surface area contributed by atoms with Crippen molar-refractivity contribution in [3.8, 4) is 10.6 Å². The molecule has 66 valence electrons. The highest BCUT2D eigenvalue weighted by molar-refractivity contribution is 14.1. The van der Waals surface area contributed by atoms with Crippen LogP contribution in [-0.2, 0) is 0 Å². The van der Waals surface area contributed by atoms with Crippen molar-refractivity contribution in [2.24, 2.45) is 0 Å². The van der Waals surface area contributed by atoms with Crippen molar-refractivity contribution in [1.82, 2.24) is 15.2 Å². The topological polar surface area (TPSA) is 38.7 Å². The number of halogens is 1. The zero-order valence-corrected chi connectivity index (χ0v) is 9.83. The van der Waals surface area contributed by atoms with Crippen LogP contribution in [0.5, 0.6) is 0 Å². The van der Waals surface area contributed by atoms with Crippen LogP contribution in [-0.4, -0.2) is 15.2 Å². The van der Waals surface area contributed by atoms with Crippen LogP contribution in [0.3, 0.4) is 0 Å². The van der Waals surface area contributed by atoms with Crippen molar-refractivity contribution < 1.29 is 0 Å². The molecule has 0 N–H and O–H groups in total. The van der Waals surface area contributed by atoms with Crippen LogP contribution in [0, 0.1) is 9.94 Å². The van der Waals surface area contributed by atoms with Gasteiger partial charge in [-0.3, -0.25) is 4.98 Å². The molecule has 0 aliphatic carbocycles. The van der Waals surface area contributed by atoms with Crippen molar-refractivity contribution in [3.05, 3.63) is 27.0 Å². The van der Waals surface area contributed by atoms with Gasteiger partial charge in [0.2, 0.25) is 0 Å². The standard InChI is InChI=1S/C8H6IN3S/c1-5-2-3-6(4-10-5)7-11-12-8(9)13-7/h2-4H,1H3. The summed E-state index contributed by atoms with van der Waals surface area (Å²) in [5.74, 6) is 0. The molecule has 0 amide bonds. The molecule has 0 spiro atoms. The number of hydrogen-bond donors (Lipinski definition) is 0. The molecule has 2 aromatic heterocycles. The quantitative estimate of drug-likeness (QED) is 0.760. The van der Waals surface area contributed by atoms with Crippen LogP contribution in [0.25, 0.3) is 10.6 Å². The van der Waals surface area contributed by atoms with Gasteiger partial charge in [-0.1, -0.05) is 11.3 Å². The molecule has 0 radical (unpaired) electrons. The summed E-state index contributed by atoms with van der Waals surface area (Å²) in [7, 11) is 0. The maximum absolute atomic E-state index is 4.20. The van der Waals surface area contributed by atoms with E-state index in [-0.39, 0.29) is 0 Å². The summed E-state index contributed by atoms with van der Waals surface area (Å²) in [6.45, 7) is 1.97. The van der Waals surface area contributed by atoms with E-state index in [0.717, 1.165) is 19.3 Å². The van der Waals surface area contributed by atoms with Gasteiger partial charge < -0.3 is 0 Å². The molecule has 0 saturated carbocycles. The second kappa shape index (κ2) is 3.67. The van der Waals surface area contributed by atoms with E-state index in [2.05, 4.69) is 37.8 Å². The number of nitrogens with zero attached hydrogens (tertiary/aromatic N) is 3. The molecule has 0 fully saturated rings. The molecule has 13 heavy (non-hydrogen) atoms. The lowest BCUT2D eigenvalue weighted by atomic mass is 10.3. The molecule has 0 unspecified atom stereocenters. The first-order chi connectivity index (χ1) is 6.25. The maximum Gasteiger partial charge on any atom is 0.178 e. The summed E-state index contributed by atoms with van der Waals surface area (Å²) in [6.07, 6.45) is 1.83. The van der Waals surface area contributed by atoms with Gasteiger partial charge >= 0.3 is 0 Å². The van der Waals surface area contributed by atoms with Crippen LogP contribution < -0.4 is 0 Å². The van der Waals surface area contributed by atoms with E-state index in [0.29, 0.717) is 0 Å². The van der Waals surface area contributed by atoms with Gasteiger partial charge in [0.15, 0.2) is 3.01 Å². The molecule has 2 heterocycles. The van der Waals surface area contributed by atoms with Gasteiger partial charge in [-0.05, 0) is 41.6 Å². The Balaban J connectivity index is 2.41. The monoisotopic (exact) mass is 303 g/mol. The summed E-state index contributed by atoms with van der Waals surface area (Å²) >= 11 is 3.73. The number of aryl methyl sites for hydroxylation is 1. The molecule has 3 nitrogen and oxygen atoms in total. The van der Waals surface area contributed by atoms with Crippen molar-refractivity contribution in [1.29, 1.82) is 0 Å². The fraction of sp³-hybridized carbons (Fsp3) is 0.125. The lowest BCUT2D eigenvalue weighted by molar-refractivity contribution is 1.07. The highest BCUT2D eigenvalue weighted by Gasteiger charge is 2.03. The molecule has 0 aliphatic rings. The van der Waals surface area contributed by atoms with Gasteiger partial charge in [-0.15, -0.1) is 10.2 Å². The van der Waals surface area contributed by atoms with Gasteiger partial charge in [-0.25, -0.2) is 0 Å². The smallest absolute Gasteiger partial charge is 0.178 e. The second-order valence-electron chi connectivity index (χ2n) is 2.55. The first-order valence-corrected chi connectivity index (χ1v) is 5.57. The highest BCUT2D eigenvalue weighted by Crippen LogP contribution is 2.23. The average Bonchev–Trinajstić information content (AvgIpc) is 2.53. The fourth-order valence-electron chi connectivity index (χ4n) is 0.916. The minimum atomic E-state index is 0.928. The van der Waals surface area contributed by atoms with E-state index >= 15 is 0 Å². The Hall–Kier alpha value is -0.560. The van der Waals surface area contributed by atoms with Crippen LogP contribution in [0.15, 0.2) is 18.3 Å². The molecule has 0 saturated heterocycles. The maximum atomic E-state index is 4.20. The lowest BCUT2D eigenvalue weighted by Crippen LogP contribution is -1.81. The highest BCUT2D eigenvalue weighted by atomic mass is 127. The van der Waals surface area contributed by atoms with Crippen LogP contribution in [0.2, 0.25) is 0 Å². The van der Waals surface area contributed by atoms with Crippen molar-refractivity contribution >= 4 is 33.9 Å². The molecular formula is C8H6IN3S. The Kier molecular flexibility index (Phi) is 2.54. The normalized spacial score (nSPS) is 10.3. The third-order valence-electron chi connectivity index (χ3n) is 1.56. The molecule has 2 rings (SSSR count). The molecule has 0 atom stereocenters. The van der Waals surface area contributed by atoms with E-state index in [1.807, 2.05) is 25.3 Å². The molecular weight excluding hydrogens is 297 g/mol. The Morgan fingerprint density at radius 1 is 1.31 bits per heavy atom. The predicted molar refractivity (Wildman–Crippen MR) is 60.6 cm³/mol. The molecule has 0 bridgehead atoms. The molecule has 5 heteroatoms. The molecule has 2 aromatic rings. The Bertz CT molecular complexity index is 410. The van der Waals surface area contributed by atoms with E-state index < -0.39 is 0 Å². The average molecular weight is 303 g/mol. The minimum absolute atomic E-state index is 0.928. The number of aromatic nitrogens is 3. The summed E-state index contributed by atoms with van der Waals surface area (Å²) < 4.78 is 0.952. The van der Waals surface area contributed by atoms with Crippen molar-refractivity contribution in [2.45, 2.75) is 6.92 Å². The summed E-state index contributed by atoms with van der Waals surface area (Å²) in [5, 5.41) is 8.91. The lowest BCUT2D eigenvalue weighted by Gasteiger charge is -1.93. The molecule has 0 aliphatic heterocycles. The van der Waals surface area contributed by atoms with E-state index in [1.165, 1.54) is 0 Å². The van der Waals surface area contributed by atoms with Crippen LogP contribution in [0.1, 0.15) is 5.69 Å². The summed E-state index contributed by atoms with van der Waals surface area (Å²) in [5.41, 5.74) is 2.05. The van der Waals surface area contributed by atoms with Crippen LogP contribution >= 0.6 is 33.9 Å².